The summed E-state index contributed by atoms with van der Waals surface area (Å²) in [6.07, 6.45) is 2.45. The monoisotopic (exact) mass is 436 g/mol. The number of amides is 1. The molecule has 1 saturated heterocycles. The molecule has 2 rings (SSSR count). The van der Waals surface area contributed by atoms with Gasteiger partial charge in [-0.25, -0.2) is 12.7 Å². The standard InChI is InChI=1S/C15H21IN2O3S/c1-12-11-13(16)6-7-14(12)17-15(19)5-4-10-22(20,21)18-8-2-3-9-18/h6-7,11H,2-5,8-10H2,1H3,(H,17,19). The number of rotatable bonds is 6. The summed E-state index contributed by atoms with van der Waals surface area (Å²) in [5, 5.41) is 2.84. The van der Waals surface area contributed by atoms with Crippen LogP contribution in [0.3, 0.4) is 0 Å². The fourth-order valence-corrected chi connectivity index (χ4v) is 4.72. The normalized spacial score (nSPS) is 15.9. The lowest BCUT2D eigenvalue weighted by atomic mass is 10.2. The number of carbonyl (C=O) groups excluding carboxylic acids is 1. The molecular formula is C15H21IN2O3S. The second kappa shape index (κ2) is 7.74. The number of sulfonamides is 1. The third-order valence-electron chi connectivity index (χ3n) is 3.73. The van der Waals surface area contributed by atoms with Gasteiger partial charge in [0.15, 0.2) is 0 Å². The lowest BCUT2D eigenvalue weighted by Gasteiger charge is -2.15. The summed E-state index contributed by atoms with van der Waals surface area (Å²) >= 11 is 2.22. The predicted octanol–water partition coefficient (Wildman–Crippen LogP) is 2.74. The van der Waals surface area contributed by atoms with Crippen LogP contribution in [0, 0.1) is 10.5 Å². The zero-order valence-corrected chi connectivity index (χ0v) is 15.6. The Morgan fingerprint density at radius 2 is 2.00 bits per heavy atom. The molecule has 0 spiro atoms. The van der Waals surface area contributed by atoms with Crippen LogP contribution in [0.5, 0.6) is 0 Å². The molecular weight excluding hydrogens is 415 g/mol. The molecule has 1 fully saturated rings. The Hall–Kier alpha value is -0.670. The molecule has 1 N–H and O–H groups in total. The summed E-state index contributed by atoms with van der Waals surface area (Å²) in [6, 6.07) is 5.80. The van der Waals surface area contributed by atoms with Crippen molar-refractivity contribution in [2.24, 2.45) is 0 Å². The van der Waals surface area contributed by atoms with Gasteiger partial charge in [0.25, 0.3) is 0 Å². The van der Waals surface area contributed by atoms with Gasteiger partial charge >= 0.3 is 0 Å². The first-order chi connectivity index (χ1) is 10.4. The zero-order chi connectivity index (χ0) is 16.2. The van der Waals surface area contributed by atoms with Gasteiger partial charge in [0.1, 0.15) is 0 Å². The van der Waals surface area contributed by atoms with Crippen molar-refractivity contribution in [3.63, 3.8) is 0 Å². The van der Waals surface area contributed by atoms with Gasteiger partial charge in [0, 0.05) is 28.8 Å². The molecule has 0 radical (unpaired) electrons. The number of aryl methyl sites for hydroxylation is 1. The summed E-state index contributed by atoms with van der Waals surface area (Å²) in [7, 11) is -3.19. The van der Waals surface area contributed by atoms with E-state index < -0.39 is 10.0 Å². The van der Waals surface area contributed by atoms with E-state index in [1.165, 1.54) is 4.31 Å². The van der Waals surface area contributed by atoms with E-state index in [0.29, 0.717) is 19.5 Å². The van der Waals surface area contributed by atoms with Crippen molar-refractivity contribution in [1.29, 1.82) is 0 Å². The van der Waals surface area contributed by atoms with Gasteiger partial charge in [-0.3, -0.25) is 4.79 Å². The minimum atomic E-state index is -3.19. The molecule has 122 valence electrons. The van der Waals surface area contributed by atoms with Crippen LogP contribution in [0.25, 0.3) is 0 Å². The molecule has 1 heterocycles. The number of nitrogens with zero attached hydrogens (tertiary/aromatic N) is 1. The van der Waals surface area contributed by atoms with Gasteiger partial charge in [0.05, 0.1) is 5.75 Å². The summed E-state index contributed by atoms with van der Waals surface area (Å²) < 4.78 is 26.8. The highest BCUT2D eigenvalue weighted by molar-refractivity contribution is 14.1. The lowest BCUT2D eigenvalue weighted by Crippen LogP contribution is -2.30. The van der Waals surface area contributed by atoms with Crippen molar-refractivity contribution in [1.82, 2.24) is 4.31 Å². The van der Waals surface area contributed by atoms with E-state index in [4.69, 9.17) is 0 Å². The summed E-state index contributed by atoms with van der Waals surface area (Å²) in [4.78, 5) is 11.9. The average molecular weight is 436 g/mol. The maximum Gasteiger partial charge on any atom is 0.224 e. The first kappa shape index (κ1) is 17.7. The second-order valence-electron chi connectivity index (χ2n) is 5.53. The minimum Gasteiger partial charge on any atom is -0.326 e. The first-order valence-electron chi connectivity index (χ1n) is 7.42. The topological polar surface area (TPSA) is 66.5 Å². The van der Waals surface area contributed by atoms with Crippen molar-refractivity contribution in [3.8, 4) is 0 Å². The molecule has 5 nitrogen and oxygen atoms in total. The van der Waals surface area contributed by atoms with Gasteiger partial charge in [-0.05, 0) is 72.5 Å². The maximum absolute atomic E-state index is 12.1. The minimum absolute atomic E-state index is 0.0477. The van der Waals surface area contributed by atoms with Gasteiger partial charge in [-0.15, -0.1) is 0 Å². The highest BCUT2D eigenvalue weighted by Gasteiger charge is 2.24. The van der Waals surface area contributed by atoms with Crippen LogP contribution in [0.2, 0.25) is 0 Å². The molecule has 1 aromatic rings. The van der Waals surface area contributed by atoms with Crippen LogP contribution in [0.1, 0.15) is 31.2 Å². The van der Waals surface area contributed by atoms with E-state index in [0.717, 1.165) is 27.7 Å². The number of nitrogens with one attached hydrogen (secondary N) is 1. The lowest BCUT2D eigenvalue weighted by molar-refractivity contribution is -0.116. The largest absolute Gasteiger partial charge is 0.326 e. The third kappa shape index (κ3) is 4.92. The number of halogens is 1. The number of benzene rings is 1. The highest BCUT2D eigenvalue weighted by atomic mass is 127. The molecule has 1 amide bonds. The van der Waals surface area contributed by atoms with E-state index in [9.17, 15) is 13.2 Å². The van der Waals surface area contributed by atoms with Crippen LogP contribution in [-0.4, -0.2) is 37.5 Å². The molecule has 0 bridgehead atoms. The van der Waals surface area contributed by atoms with E-state index in [1.54, 1.807) is 0 Å². The Morgan fingerprint density at radius 1 is 1.32 bits per heavy atom. The van der Waals surface area contributed by atoms with Crippen LogP contribution in [0.15, 0.2) is 18.2 Å². The fourth-order valence-electron chi connectivity index (χ4n) is 2.49. The molecule has 0 aliphatic carbocycles. The predicted molar refractivity (Wildman–Crippen MR) is 96.4 cm³/mol. The van der Waals surface area contributed by atoms with Crippen molar-refractivity contribution < 1.29 is 13.2 Å². The molecule has 0 atom stereocenters. The molecule has 22 heavy (non-hydrogen) atoms. The van der Waals surface area contributed by atoms with Crippen LogP contribution >= 0.6 is 22.6 Å². The highest BCUT2D eigenvalue weighted by Crippen LogP contribution is 2.18. The Kier molecular flexibility index (Phi) is 6.22. The molecule has 0 aromatic heterocycles. The number of carbonyl (C=O) groups is 1. The summed E-state index contributed by atoms with van der Waals surface area (Å²) in [5.41, 5.74) is 1.79. The first-order valence-corrected chi connectivity index (χ1v) is 10.1. The van der Waals surface area contributed by atoms with Gasteiger partial charge in [0.2, 0.25) is 15.9 Å². The van der Waals surface area contributed by atoms with E-state index in [2.05, 4.69) is 27.9 Å². The molecule has 0 saturated carbocycles. The third-order valence-corrected chi connectivity index (χ3v) is 6.35. The van der Waals surface area contributed by atoms with Gasteiger partial charge in [-0.1, -0.05) is 0 Å². The van der Waals surface area contributed by atoms with Crippen LogP contribution in [0.4, 0.5) is 5.69 Å². The van der Waals surface area contributed by atoms with Crippen molar-refractivity contribution in [3.05, 3.63) is 27.3 Å². The zero-order valence-electron chi connectivity index (χ0n) is 12.6. The van der Waals surface area contributed by atoms with Crippen molar-refractivity contribution in [2.45, 2.75) is 32.6 Å². The van der Waals surface area contributed by atoms with E-state index in [-0.39, 0.29) is 18.1 Å². The average Bonchev–Trinajstić information content (AvgIpc) is 2.96. The van der Waals surface area contributed by atoms with Crippen molar-refractivity contribution >= 4 is 44.2 Å². The Bertz CT molecular complexity index is 640. The Morgan fingerprint density at radius 3 is 2.64 bits per heavy atom. The molecule has 7 heteroatoms. The van der Waals surface area contributed by atoms with Crippen LogP contribution < -0.4 is 5.32 Å². The maximum atomic E-state index is 12.1. The van der Waals surface area contributed by atoms with Crippen LogP contribution in [-0.2, 0) is 14.8 Å². The second-order valence-corrected chi connectivity index (χ2v) is 8.87. The van der Waals surface area contributed by atoms with Crippen molar-refractivity contribution in [2.75, 3.05) is 24.2 Å². The smallest absolute Gasteiger partial charge is 0.224 e. The molecule has 0 unspecified atom stereocenters. The summed E-state index contributed by atoms with van der Waals surface area (Å²) in [6.45, 7) is 3.18. The SMILES string of the molecule is Cc1cc(I)ccc1NC(=O)CCCS(=O)(=O)N1CCCC1. The van der Waals surface area contributed by atoms with Gasteiger partial charge < -0.3 is 5.32 Å². The molecule has 1 aromatic carbocycles. The molecule has 1 aliphatic rings. The Balaban J connectivity index is 1.80. The fraction of sp³-hybridized carbons (Fsp3) is 0.533. The molecule has 1 aliphatic heterocycles. The summed E-state index contributed by atoms with van der Waals surface area (Å²) in [5.74, 6) is -0.0903. The number of anilines is 1. The van der Waals surface area contributed by atoms with E-state index >= 15 is 0 Å². The van der Waals surface area contributed by atoms with Gasteiger partial charge in [-0.2, -0.15) is 0 Å². The van der Waals surface area contributed by atoms with E-state index in [1.807, 2.05) is 25.1 Å². The number of hydrogen-bond donors (Lipinski definition) is 1. The number of hydrogen-bond acceptors (Lipinski definition) is 3. The Labute approximate surface area is 145 Å². The quantitative estimate of drug-likeness (QED) is 0.698.